The molecule has 0 spiro atoms. The van der Waals surface area contributed by atoms with Gasteiger partial charge in [-0.05, 0) is 36.5 Å². The van der Waals surface area contributed by atoms with Gasteiger partial charge in [0.15, 0.2) is 0 Å². The van der Waals surface area contributed by atoms with Gasteiger partial charge in [-0.1, -0.05) is 48.5 Å². The summed E-state index contributed by atoms with van der Waals surface area (Å²) in [5.41, 5.74) is 9.85. The van der Waals surface area contributed by atoms with Crippen LogP contribution in [0, 0.1) is 0 Å². The van der Waals surface area contributed by atoms with E-state index in [1.54, 1.807) is 13.2 Å². The van der Waals surface area contributed by atoms with Gasteiger partial charge in [0.2, 0.25) is 5.89 Å². The number of nitrogens with two attached hydrogens (primary N) is 1. The van der Waals surface area contributed by atoms with Gasteiger partial charge in [0.1, 0.15) is 18.1 Å². The van der Waals surface area contributed by atoms with Crippen molar-refractivity contribution in [2.24, 2.45) is 5.73 Å². The second kappa shape index (κ2) is 10.0. The second-order valence-electron chi connectivity index (χ2n) is 7.20. The molecule has 1 atom stereocenters. The van der Waals surface area contributed by atoms with Crippen LogP contribution in [0.25, 0.3) is 22.4 Å². The number of aliphatic hydroxyl groups is 3. The van der Waals surface area contributed by atoms with Crippen LogP contribution in [-0.4, -0.2) is 39.1 Å². The summed E-state index contributed by atoms with van der Waals surface area (Å²) in [7, 11) is 0. The van der Waals surface area contributed by atoms with Crippen LogP contribution in [0.4, 0.5) is 0 Å². The lowest BCUT2D eigenvalue weighted by Crippen LogP contribution is -2.47. The van der Waals surface area contributed by atoms with Crippen LogP contribution in [0.3, 0.4) is 0 Å². The highest BCUT2D eigenvalue weighted by Crippen LogP contribution is 2.26. The third-order valence-electron chi connectivity index (χ3n) is 4.89. The molecule has 1 heterocycles. The third kappa shape index (κ3) is 5.65. The molecule has 29 heavy (non-hydrogen) atoms. The first-order chi connectivity index (χ1) is 13.4. The van der Waals surface area contributed by atoms with Gasteiger partial charge in [-0.3, -0.25) is 0 Å². The Hall–Kier alpha value is -2.22. The number of oxazole rings is 1. The van der Waals surface area contributed by atoms with Crippen LogP contribution in [-0.2, 0) is 6.42 Å². The molecule has 156 valence electrons. The van der Waals surface area contributed by atoms with Gasteiger partial charge in [0, 0.05) is 5.56 Å². The van der Waals surface area contributed by atoms with E-state index >= 15 is 0 Å². The van der Waals surface area contributed by atoms with Crippen molar-refractivity contribution in [1.82, 2.24) is 4.98 Å². The number of aliphatic hydroxyl groups excluding tert-OH is 3. The van der Waals surface area contributed by atoms with Crippen LogP contribution in [0.5, 0.6) is 0 Å². The van der Waals surface area contributed by atoms with Crippen molar-refractivity contribution >= 4 is 12.4 Å². The molecule has 0 saturated heterocycles. The van der Waals surface area contributed by atoms with E-state index in [0.717, 1.165) is 22.3 Å². The number of rotatable bonds is 8. The van der Waals surface area contributed by atoms with Crippen molar-refractivity contribution in [2.75, 3.05) is 13.2 Å². The van der Waals surface area contributed by atoms with E-state index in [-0.39, 0.29) is 25.6 Å². The maximum atomic E-state index is 9.52. The number of benzene rings is 2. The van der Waals surface area contributed by atoms with Gasteiger partial charge in [0.25, 0.3) is 0 Å². The van der Waals surface area contributed by atoms with Crippen molar-refractivity contribution < 1.29 is 19.7 Å². The Labute approximate surface area is 176 Å². The maximum Gasteiger partial charge on any atom is 0.223 e. The van der Waals surface area contributed by atoms with Crippen LogP contribution in [0.1, 0.15) is 30.9 Å². The molecule has 7 heteroatoms. The zero-order valence-corrected chi connectivity index (χ0v) is 17.1. The van der Waals surface area contributed by atoms with Gasteiger partial charge >= 0.3 is 0 Å². The van der Waals surface area contributed by atoms with Gasteiger partial charge in [-0.25, -0.2) is 4.98 Å². The minimum absolute atomic E-state index is 0. The van der Waals surface area contributed by atoms with Gasteiger partial charge in [-0.15, -0.1) is 12.4 Å². The topological polar surface area (TPSA) is 113 Å². The fourth-order valence-electron chi connectivity index (χ4n) is 2.91. The predicted molar refractivity (Wildman–Crippen MR) is 115 cm³/mol. The van der Waals surface area contributed by atoms with Crippen molar-refractivity contribution in [2.45, 2.75) is 31.4 Å². The molecule has 0 amide bonds. The van der Waals surface area contributed by atoms with E-state index in [4.69, 9.17) is 10.2 Å². The van der Waals surface area contributed by atoms with Crippen molar-refractivity contribution in [3.8, 4) is 22.4 Å². The molecule has 0 aliphatic rings. The number of aromatic nitrogens is 1. The fourth-order valence-corrected chi connectivity index (χ4v) is 2.91. The molecule has 3 rings (SSSR count). The first-order valence-corrected chi connectivity index (χ1v) is 9.28. The van der Waals surface area contributed by atoms with Crippen LogP contribution in [0.15, 0.2) is 59.2 Å². The van der Waals surface area contributed by atoms with Crippen LogP contribution < -0.4 is 5.73 Å². The molecule has 0 bridgehead atoms. The summed E-state index contributed by atoms with van der Waals surface area (Å²) in [4.78, 5) is 4.29. The van der Waals surface area contributed by atoms with Crippen LogP contribution in [0.2, 0.25) is 0 Å². The molecular formula is C22H27ClN2O4. The van der Waals surface area contributed by atoms with E-state index in [0.29, 0.717) is 24.4 Å². The Morgan fingerprint density at radius 3 is 1.97 bits per heavy atom. The second-order valence-corrected chi connectivity index (χ2v) is 7.20. The Bertz CT molecular complexity index is 888. The summed E-state index contributed by atoms with van der Waals surface area (Å²) in [5.74, 6) is 0.304. The van der Waals surface area contributed by atoms with Crippen molar-refractivity contribution in [1.29, 1.82) is 0 Å². The minimum atomic E-state index is -0.941. The normalized spacial score (nSPS) is 12.4. The number of aryl methyl sites for hydroxylation is 1. The summed E-state index contributed by atoms with van der Waals surface area (Å²) in [6, 6.07) is 16.1. The summed E-state index contributed by atoms with van der Waals surface area (Å²) >= 11 is 0. The predicted octanol–water partition coefficient (Wildman–Crippen LogP) is 3.10. The van der Waals surface area contributed by atoms with E-state index in [1.807, 2.05) is 48.5 Å². The average Bonchev–Trinajstić information content (AvgIpc) is 3.23. The van der Waals surface area contributed by atoms with E-state index in [2.05, 4.69) is 4.98 Å². The molecule has 0 aliphatic heterocycles. The fraction of sp³-hybridized carbons (Fsp3) is 0.318. The highest BCUT2D eigenvalue weighted by Gasteiger charge is 2.22. The van der Waals surface area contributed by atoms with Crippen LogP contribution >= 0.6 is 12.4 Å². The highest BCUT2D eigenvalue weighted by atomic mass is 35.5. The Kier molecular flexibility index (Phi) is 7.96. The molecule has 6 nitrogen and oxygen atoms in total. The maximum absolute atomic E-state index is 9.52. The van der Waals surface area contributed by atoms with E-state index < -0.39 is 11.6 Å². The highest BCUT2D eigenvalue weighted by molar-refractivity contribution is 5.85. The lowest BCUT2D eigenvalue weighted by atomic mass is 9.93. The largest absolute Gasteiger partial charge is 0.446 e. The molecule has 2 aromatic carbocycles. The lowest BCUT2D eigenvalue weighted by Gasteiger charge is -2.24. The molecule has 1 unspecified atom stereocenters. The Morgan fingerprint density at radius 1 is 0.966 bits per heavy atom. The number of hydrogen-bond donors (Lipinski definition) is 4. The molecular weight excluding hydrogens is 392 g/mol. The lowest BCUT2D eigenvalue weighted by molar-refractivity contribution is 0.115. The molecule has 5 N–H and O–H groups in total. The van der Waals surface area contributed by atoms with Crippen molar-refractivity contribution in [3.63, 3.8) is 0 Å². The standard InChI is InChI=1S/C22H26N2O4.ClH/c1-15(27)21-24-20(12-28-21)19-8-6-18(7-9-19)17-4-2-16(3-5-17)10-11-22(23,13-25)14-26;/h2-9,12,15,25-27H,10-11,13-14,23H2,1H3;1H. The Balaban J connectivity index is 0.00000300. The van der Waals surface area contributed by atoms with E-state index in [1.165, 1.54) is 0 Å². The molecule has 0 aliphatic carbocycles. The van der Waals surface area contributed by atoms with Gasteiger partial charge in [-0.2, -0.15) is 0 Å². The van der Waals surface area contributed by atoms with E-state index in [9.17, 15) is 15.3 Å². The smallest absolute Gasteiger partial charge is 0.223 e. The molecule has 3 aromatic rings. The summed E-state index contributed by atoms with van der Waals surface area (Å²) in [6.45, 7) is 1.14. The number of hydrogen-bond acceptors (Lipinski definition) is 6. The summed E-state index contributed by atoms with van der Waals surface area (Å²) in [5, 5.41) is 28.1. The summed E-state index contributed by atoms with van der Waals surface area (Å²) < 4.78 is 5.27. The van der Waals surface area contributed by atoms with Gasteiger partial charge in [0.05, 0.1) is 18.8 Å². The quantitative estimate of drug-likeness (QED) is 0.447. The SMILES string of the molecule is CC(O)c1nc(-c2ccc(-c3ccc(CCC(N)(CO)CO)cc3)cc2)co1.Cl. The minimum Gasteiger partial charge on any atom is -0.446 e. The molecule has 0 fully saturated rings. The number of halogens is 1. The Morgan fingerprint density at radius 2 is 1.48 bits per heavy atom. The number of nitrogens with zero attached hydrogens (tertiary/aromatic N) is 1. The first kappa shape index (κ1) is 23.1. The molecule has 1 aromatic heterocycles. The molecule has 0 saturated carbocycles. The molecule has 0 radical (unpaired) electrons. The zero-order valence-electron chi connectivity index (χ0n) is 16.3. The summed E-state index contributed by atoms with van der Waals surface area (Å²) in [6.07, 6.45) is 2.02. The average molecular weight is 419 g/mol. The third-order valence-corrected chi connectivity index (χ3v) is 4.89. The van der Waals surface area contributed by atoms with Crippen molar-refractivity contribution in [3.05, 3.63) is 66.2 Å². The zero-order chi connectivity index (χ0) is 20.1. The monoisotopic (exact) mass is 418 g/mol. The first-order valence-electron chi connectivity index (χ1n) is 9.28. The van der Waals surface area contributed by atoms with Gasteiger partial charge < -0.3 is 25.5 Å².